The first-order valence-corrected chi connectivity index (χ1v) is 5.85. The Bertz CT molecular complexity index is 390. The molecule has 1 N–H and O–H groups in total. The van der Waals surface area contributed by atoms with Crippen LogP contribution >= 0.6 is 11.6 Å². The van der Waals surface area contributed by atoms with Gasteiger partial charge in [0.15, 0.2) is 0 Å². The van der Waals surface area contributed by atoms with Gasteiger partial charge in [0.25, 0.3) is 0 Å². The van der Waals surface area contributed by atoms with E-state index >= 15 is 0 Å². The summed E-state index contributed by atoms with van der Waals surface area (Å²) in [4.78, 5) is 11.6. The maximum Gasteiger partial charge on any atom is 0.324 e. The third-order valence-electron chi connectivity index (χ3n) is 2.42. The van der Waals surface area contributed by atoms with Gasteiger partial charge in [-0.25, -0.2) is 0 Å². The van der Waals surface area contributed by atoms with Gasteiger partial charge >= 0.3 is 5.97 Å². The van der Waals surface area contributed by atoms with Crippen molar-refractivity contribution in [2.24, 2.45) is 0 Å². The number of carbonyl (C=O) groups excluding carboxylic acids is 1. The van der Waals surface area contributed by atoms with E-state index in [1.54, 1.807) is 10.9 Å². The first kappa shape index (κ1) is 14.0. The quantitative estimate of drug-likeness (QED) is 0.812. The Balaban J connectivity index is 2.79. The third kappa shape index (κ3) is 3.71. The minimum atomic E-state index is -0.422. The molecule has 1 heterocycles. The van der Waals surface area contributed by atoms with Gasteiger partial charge in [-0.1, -0.05) is 25.4 Å². The second kappa shape index (κ2) is 6.02. The molecular formula is C11H18ClN3O2. The van der Waals surface area contributed by atoms with Crippen molar-refractivity contribution in [3.63, 3.8) is 0 Å². The summed E-state index contributed by atoms with van der Waals surface area (Å²) in [6.07, 6.45) is 1.57. The normalized spacial score (nSPS) is 12.8. The molecule has 0 spiro atoms. The second-order valence-electron chi connectivity index (χ2n) is 4.16. The molecule has 0 aromatic carbocycles. The molecule has 6 heteroatoms. The lowest BCUT2D eigenvalue weighted by atomic mass is 10.2. The number of nitrogens with one attached hydrogen (secondary N) is 1. The summed E-state index contributed by atoms with van der Waals surface area (Å²) in [7, 11) is 1.38. The Morgan fingerprint density at radius 1 is 1.65 bits per heavy atom. The molecule has 0 saturated heterocycles. The summed E-state index contributed by atoms with van der Waals surface area (Å²) < 4.78 is 6.45. The number of esters is 1. The van der Waals surface area contributed by atoms with Crippen LogP contribution in [0.15, 0.2) is 6.20 Å². The van der Waals surface area contributed by atoms with Gasteiger partial charge in [-0.2, -0.15) is 5.10 Å². The monoisotopic (exact) mass is 259 g/mol. The van der Waals surface area contributed by atoms with Crippen molar-refractivity contribution < 1.29 is 9.53 Å². The summed E-state index contributed by atoms with van der Waals surface area (Å²) in [5, 5.41) is 7.85. The molecule has 1 aromatic rings. The van der Waals surface area contributed by atoms with Crippen LogP contribution in [0.2, 0.25) is 5.02 Å². The van der Waals surface area contributed by atoms with E-state index in [2.05, 4.69) is 10.4 Å². The van der Waals surface area contributed by atoms with Crippen molar-refractivity contribution in [1.82, 2.24) is 15.1 Å². The van der Waals surface area contributed by atoms with E-state index in [1.807, 2.05) is 20.8 Å². The van der Waals surface area contributed by atoms with E-state index in [0.717, 1.165) is 5.69 Å². The minimum absolute atomic E-state index is 0.186. The van der Waals surface area contributed by atoms with E-state index in [9.17, 15) is 4.79 Å². The molecule has 0 bridgehead atoms. The maximum absolute atomic E-state index is 11.6. The fourth-order valence-corrected chi connectivity index (χ4v) is 1.66. The number of hydrogen-bond donors (Lipinski definition) is 1. The Hall–Kier alpha value is -1.07. The molecule has 1 atom stereocenters. The highest BCUT2D eigenvalue weighted by atomic mass is 35.5. The Morgan fingerprint density at radius 3 is 2.71 bits per heavy atom. The maximum atomic E-state index is 11.6. The van der Waals surface area contributed by atoms with Crippen LogP contribution in [0.1, 0.15) is 19.5 Å². The Labute approximate surface area is 106 Å². The van der Waals surface area contributed by atoms with Crippen LogP contribution in [0.3, 0.4) is 0 Å². The molecule has 1 rings (SSSR count). The van der Waals surface area contributed by atoms with Crippen molar-refractivity contribution in [3.05, 3.63) is 16.9 Å². The smallest absolute Gasteiger partial charge is 0.324 e. The standard InChI is InChI=1S/C11H18ClN3O2/c1-7(2)14-10(11(16)17-4)6-15-8(3)9(12)5-13-15/h5,7,10,14H,6H2,1-4H3. The molecule has 5 nitrogen and oxygen atoms in total. The van der Waals surface area contributed by atoms with Gasteiger partial charge < -0.3 is 10.1 Å². The summed E-state index contributed by atoms with van der Waals surface area (Å²) in [5.74, 6) is -0.301. The van der Waals surface area contributed by atoms with Gasteiger partial charge in [-0.3, -0.25) is 9.48 Å². The number of carbonyl (C=O) groups is 1. The van der Waals surface area contributed by atoms with E-state index in [-0.39, 0.29) is 12.0 Å². The SMILES string of the molecule is COC(=O)C(Cn1ncc(Cl)c1C)NC(C)C. The molecule has 0 amide bonds. The van der Waals surface area contributed by atoms with Gasteiger partial charge in [0.2, 0.25) is 0 Å². The van der Waals surface area contributed by atoms with Crippen molar-refractivity contribution in [1.29, 1.82) is 0 Å². The number of methoxy groups -OCH3 is 1. The second-order valence-corrected chi connectivity index (χ2v) is 4.56. The van der Waals surface area contributed by atoms with E-state index in [0.29, 0.717) is 11.6 Å². The summed E-state index contributed by atoms with van der Waals surface area (Å²) >= 11 is 5.91. The van der Waals surface area contributed by atoms with Crippen LogP contribution in [-0.4, -0.2) is 34.9 Å². The summed E-state index contributed by atoms with van der Waals surface area (Å²) in [6, 6.07) is -0.236. The highest BCUT2D eigenvalue weighted by Crippen LogP contribution is 2.13. The molecule has 17 heavy (non-hydrogen) atoms. The van der Waals surface area contributed by atoms with E-state index < -0.39 is 6.04 Å². The van der Waals surface area contributed by atoms with Crippen molar-refractivity contribution in [2.45, 2.75) is 39.4 Å². The lowest BCUT2D eigenvalue weighted by Gasteiger charge is -2.19. The van der Waals surface area contributed by atoms with Crippen molar-refractivity contribution >= 4 is 17.6 Å². The number of aromatic nitrogens is 2. The molecule has 1 aromatic heterocycles. The topological polar surface area (TPSA) is 56.2 Å². The predicted octanol–water partition coefficient (Wildman–Crippen LogP) is 1.38. The average Bonchev–Trinajstić information content (AvgIpc) is 2.58. The van der Waals surface area contributed by atoms with Gasteiger partial charge in [0.05, 0.1) is 30.6 Å². The number of ether oxygens (including phenoxy) is 1. The van der Waals surface area contributed by atoms with Crippen LogP contribution in [0.4, 0.5) is 0 Å². The van der Waals surface area contributed by atoms with Gasteiger partial charge in [-0.15, -0.1) is 0 Å². The van der Waals surface area contributed by atoms with Gasteiger partial charge in [0, 0.05) is 6.04 Å². The summed E-state index contributed by atoms with van der Waals surface area (Å²) in [5.41, 5.74) is 0.839. The molecule has 0 aliphatic carbocycles. The van der Waals surface area contributed by atoms with Crippen molar-refractivity contribution in [2.75, 3.05) is 7.11 Å². The first-order chi connectivity index (χ1) is 7.95. The van der Waals surface area contributed by atoms with Crippen molar-refractivity contribution in [3.8, 4) is 0 Å². The Kier molecular flexibility index (Phi) is 4.96. The van der Waals surface area contributed by atoms with Crippen LogP contribution in [0.25, 0.3) is 0 Å². The molecule has 0 radical (unpaired) electrons. The zero-order chi connectivity index (χ0) is 13.0. The van der Waals surface area contributed by atoms with Crippen LogP contribution in [0.5, 0.6) is 0 Å². The van der Waals surface area contributed by atoms with Crippen LogP contribution in [0, 0.1) is 6.92 Å². The van der Waals surface area contributed by atoms with E-state index in [1.165, 1.54) is 7.11 Å². The molecule has 1 unspecified atom stereocenters. The predicted molar refractivity (Wildman–Crippen MR) is 66.0 cm³/mol. The molecule has 0 fully saturated rings. The molecular weight excluding hydrogens is 242 g/mol. The number of rotatable bonds is 5. The largest absolute Gasteiger partial charge is 0.468 e. The average molecular weight is 260 g/mol. The van der Waals surface area contributed by atoms with Crippen LogP contribution in [-0.2, 0) is 16.1 Å². The van der Waals surface area contributed by atoms with E-state index in [4.69, 9.17) is 16.3 Å². The highest BCUT2D eigenvalue weighted by molar-refractivity contribution is 6.31. The molecule has 0 saturated carbocycles. The molecule has 0 aliphatic rings. The van der Waals surface area contributed by atoms with Gasteiger partial charge in [-0.05, 0) is 6.92 Å². The molecule has 96 valence electrons. The summed E-state index contributed by atoms with van der Waals surface area (Å²) in [6.45, 7) is 6.21. The minimum Gasteiger partial charge on any atom is -0.468 e. The number of nitrogens with zero attached hydrogens (tertiary/aromatic N) is 2. The first-order valence-electron chi connectivity index (χ1n) is 5.47. The number of hydrogen-bond acceptors (Lipinski definition) is 4. The van der Waals surface area contributed by atoms with Gasteiger partial charge in [0.1, 0.15) is 6.04 Å². The Morgan fingerprint density at radius 2 is 2.29 bits per heavy atom. The zero-order valence-electron chi connectivity index (χ0n) is 10.5. The zero-order valence-corrected chi connectivity index (χ0v) is 11.3. The fourth-order valence-electron chi connectivity index (χ4n) is 1.52. The number of halogens is 1. The molecule has 0 aliphatic heterocycles. The third-order valence-corrected chi connectivity index (χ3v) is 2.79. The lowest BCUT2D eigenvalue weighted by Crippen LogP contribution is -2.44. The van der Waals surface area contributed by atoms with Crippen LogP contribution < -0.4 is 5.32 Å². The fraction of sp³-hybridized carbons (Fsp3) is 0.636. The lowest BCUT2D eigenvalue weighted by molar-refractivity contribution is -0.143. The highest BCUT2D eigenvalue weighted by Gasteiger charge is 2.21.